The van der Waals surface area contributed by atoms with Gasteiger partial charge >= 0.3 is 0 Å². The van der Waals surface area contributed by atoms with Gasteiger partial charge in [0.25, 0.3) is 0 Å². The van der Waals surface area contributed by atoms with Crippen molar-refractivity contribution in [3.8, 4) is 22.6 Å². The zero-order chi connectivity index (χ0) is 11.7. The first-order chi connectivity index (χ1) is 8.34. The van der Waals surface area contributed by atoms with Gasteiger partial charge in [-0.1, -0.05) is 11.2 Å². The Kier molecular flexibility index (Phi) is 2.36. The SMILES string of the molecule is Nc1oncc1-c1ccc2c(c1)OCCCO2. The van der Waals surface area contributed by atoms with Crippen LogP contribution in [-0.2, 0) is 0 Å². The minimum atomic E-state index is 0.305. The minimum Gasteiger partial charge on any atom is -0.490 e. The van der Waals surface area contributed by atoms with Gasteiger partial charge in [0.15, 0.2) is 11.5 Å². The highest BCUT2D eigenvalue weighted by Gasteiger charge is 2.13. The van der Waals surface area contributed by atoms with E-state index < -0.39 is 0 Å². The van der Waals surface area contributed by atoms with E-state index in [1.165, 1.54) is 0 Å². The average molecular weight is 232 g/mol. The predicted octanol–water partition coefficient (Wildman–Crippen LogP) is 2.09. The lowest BCUT2D eigenvalue weighted by atomic mass is 10.1. The molecule has 1 aromatic carbocycles. The number of ether oxygens (including phenoxy) is 2. The van der Waals surface area contributed by atoms with Crippen LogP contribution in [0.5, 0.6) is 11.5 Å². The summed E-state index contributed by atoms with van der Waals surface area (Å²) in [4.78, 5) is 0. The van der Waals surface area contributed by atoms with Crippen molar-refractivity contribution in [2.45, 2.75) is 6.42 Å². The van der Waals surface area contributed by atoms with E-state index in [9.17, 15) is 0 Å². The zero-order valence-electron chi connectivity index (χ0n) is 9.18. The van der Waals surface area contributed by atoms with Gasteiger partial charge in [0.05, 0.1) is 25.0 Å². The maximum atomic E-state index is 5.68. The summed E-state index contributed by atoms with van der Waals surface area (Å²) in [5.74, 6) is 1.81. The molecule has 0 atom stereocenters. The summed E-state index contributed by atoms with van der Waals surface area (Å²) in [6.07, 6.45) is 2.48. The molecule has 5 nitrogen and oxygen atoms in total. The van der Waals surface area contributed by atoms with E-state index in [1.807, 2.05) is 18.2 Å². The Balaban J connectivity index is 2.03. The van der Waals surface area contributed by atoms with Gasteiger partial charge in [-0.2, -0.15) is 0 Å². The van der Waals surface area contributed by atoms with Crippen LogP contribution in [0.2, 0.25) is 0 Å². The lowest BCUT2D eigenvalue weighted by molar-refractivity contribution is 0.297. The van der Waals surface area contributed by atoms with E-state index in [1.54, 1.807) is 6.20 Å². The Morgan fingerprint density at radius 1 is 1.12 bits per heavy atom. The summed E-state index contributed by atoms with van der Waals surface area (Å²) in [7, 11) is 0. The van der Waals surface area contributed by atoms with E-state index in [4.69, 9.17) is 19.7 Å². The second-order valence-corrected chi connectivity index (χ2v) is 3.82. The minimum absolute atomic E-state index is 0.305. The largest absolute Gasteiger partial charge is 0.490 e. The molecule has 0 unspecified atom stereocenters. The molecule has 0 radical (unpaired) electrons. The third kappa shape index (κ3) is 1.80. The van der Waals surface area contributed by atoms with Crippen molar-refractivity contribution < 1.29 is 14.0 Å². The molecule has 0 bridgehead atoms. The van der Waals surface area contributed by atoms with E-state index in [0.717, 1.165) is 29.0 Å². The van der Waals surface area contributed by atoms with Crippen LogP contribution < -0.4 is 15.2 Å². The molecule has 88 valence electrons. The van der Waals surface area contributed by atoms with Crippen molar-refractivity contribution in [3.63, 3.8) is 0 Å². The van der Waals surface area contributed by atoms with Gasteiger partial charge in [-0.25, -0.2) is 0 Å². The van der Waals surface area contributed by atoms with Crippen molar-refractivity contribution in [2.75, 3.05) is 18.9 Å². The molecule has 0 fully saturated rings. The third-order valence-corrected chi connectivity index (χ3v) is 2.66. The van der Waals surface area contributed by atoms with Crippen LogP contribution >= 0.6 is 0 Å². The summed E-state index contributed by atoms with van der Waals surface area (Å²) >= 11 is 0. The number of aromatic nitrogens is 1. The molecular formula is C12H12N2O3. The van der Waals surface area contributed by atoms with Crippen LogP contribution in [0.3, 0.4) is 0 Å². The lowest BCUT2D eigenvalue weighted by Gasteiger charge is -2.08. The number of fused-ring (bicyclic) bond motifs is 1. The third-order valence-electron chi connectivity index (χ3n) is 2.66. The highest BCUT2D eigenvalue weighted by atomic mass is 16.5. The van der Waals surface area contributed by atoms with Crippen LogP contribution in [0.25, 0.3) is 11.1 Å². The summed E-state index contributed by atoms with van der Waals surface area (Å²) in [6.45, 7) is 1.34. The predicted molar refractivity (Wildman–Crippen MR) is 62.0 cm³/mol. The summed E-state index contributed by atoms with van der Waals surface area (Å²) in [6, 6.07) is 5.68. The summed E-state index contributed by atoms with van der Waals surface area (Å²) in [5.41, 5.74) is 7.35. The first kappa shape index (κ1) is 10.0. The Morgan fingerprint density at radius 3 is 2.71 bits per heavy atom. The zero-order valence-corrected chi connectivity index (χ0v) is 9.18. The fourth-order valence-corrected chi connectivity index (χ4v) is 1.80. The van der Waals surface area contributed by atoms with Crippen LogP contribution in [0.1, 0.15) is 6.42 Å². The second-order valence-electron chi connectivity index (χ2n) is 3.82. The van der Waals surface area contributed by atoms with E-state index >= 15 is 0 Å². The average Bonchev–Trinajstić information content (AvgIpc) is 2.64. The first-order valence-corrected chi connectivity index (χ1v) is 5.45. The number of rotatable bonds is 1. The molecule has 0 saturated heterocycles. The smallest absolute Gasteiger partial charge is 0.229 e. The van der Waals surface area contributed by atoms with Gasteiger partial charge in [-0.05, 0) is 17.7 Å². The normalized spacial score (nSPS) is 14.4. The number of nitrogen functional groups attached to an aromatic ring is 1. The quantitative estimate of drug-likeness (QED) is 0.815. The number of nitrogens with zero attached hydrogens (tertiary/aromatic N) is 1. The standard InChI is InChI=1S/C12H12N2O3/c13-12-9(7-14-17-12)8-2-3-10-11(6-8)16-5-1-4-15-10/h2-3,6-7H,1,4-5,13H2. The molecule has 17 heavy (non-hydrogen) atoms. The van der Waals surface area contributed by atoms with Crippen molar-refractivity contribution in [1.29, 1.82) is 0 Å². The summed E-state index contributed by atoms with van der Waals surface area (Å²) < 4.78 is 16.0. The van der Waals surface area contributed by atoms with E-state index in [-0.39, 0.29) is 0 Å². The molecule has 1 aromatic heterocycles. The highest BCUT2D eigenvalue weighted by Crippen LogP contribution is 2.35. The van der Waals surface area contributed by atoms with Gasteiger partial charge in [0.2, 0.25) is 5.88 Å². The molecular weight excluding hydrogens is 220 g/mol. The van der Waals surface area contributed by atoms with Crippen molar-refractivity contribution >= 4 is 5.88 Å². The molecule has 1 aliphatic heterocycles. The molecule has 2 N–H and O–H groups in total. The molecule has 0 spiro atoms. The maximum absolute atomic E-state index is 5.68. The molecule has 0 amide bonds. The van der Waals surface area contributed by atoms with Crippen molar-refractivity contribution in [1.82, 2.24) is 5.16 Å². The molecule has 5 heteroatoms. The molecule has 0 saturated carbocycles. The van der Waals surface area contributed by atoms with Crippen LogP contribution in [-0.4, -0.2) is 18.4 Å². The molecule has 0 aliphatic carbocycles. The Labute approximate surface area is 98.1 Å². The number of nitrogens with two attached hydrogens (primary N) is 1. The molecule has 2 aromatic rings. The monoisotopic (exact) mass is 232 g/mol. The second kappa shape index (κ2) is 4.01. The number of hydrogen-bond donors (Lipinski definition) is 1. The van der Waals surface area contributed by atoms with Gasteiger partial charge in [0.1, 0.15) is 0 Å². The van der Waals surface area contributed by atoms with Crippen LogP contribution in [0.15, 0.2) is 28.9 Å². The maximum Gasteiger partial charge on any atom is 0.229 e. The van der Waals surface area contributed by atoms with E-state index in [2.05, 4.69) is 5.16 Å². The van der Waals surface area contributed by atoms with Gasteiger partial charge in [0, 0.05) is 6.42 Å². The highest BCUT2D eigenvalue weighted by molar-refractivity contribution is 5.74. The molecule has 1 aliphatic rings. The number of benzene rings is 1. The van der Waals surface area contributed by atoms with E-state index in [0.29, 0.717) is 19.1 Å². The molecule has 3 rings (SSSR count). The van der Waals surface area contributed by atoms with Gasteiger partial charge in [-0.15, -0.1) is 0 Å². The van der Waals surface area contributed by atoms with Crippen molar-refractivity contribution in [3.05, 3.63) is 24.4 Å². The molecule has 2 heterocycles. The van der Waals surface area contributed by atoms with Crippen LogP contribution in [0.4, 0.5) is 5.88 Å². The number of hydrogen-bond acceptors (Lipinski definition) is 5. The Morgan fingerprint density at radius 2 is 1.94 bits per heavy atom. The summed E-state index contributed by atoms with van der Waals surface area (Å²) in [5, 5.41) is 3.66. The topological polar surface area (TPSA) is 70.5 Å². The van der Waals surface area contributed by atoms with Crippen LogP contribution in [0, 0.1) is 0 Å². The van der Waals surface area contributed by atoms with Gasteiger partial charge < -0.3 is 19.7 Å². The fraction of sp³-hybridized carbons (Fsp3) is 0.250. The Bertz CT molecular complexity index is 536. The van der Waals surface area contributed by atoms with Crippen molar-refractivity contribution in [2.24, 2.45) is 0 Å². The fourth-order valence-electron chi connectivity index (χ4n) is 1.80. The Hall–Kier alpha value is -2.17. The lowest BCUT2D eigenvalue weighted by Crippen LogP contribution is -1.97. The number of anilines is 1. The first-order valence-electron chi connectivity index (χ1n) is 5.45. The van der Waals surface area contributed by atoms with Gasteiger partial charge in [-0.3, -0.25) is 0 Å².